The van der Waals surface area contributed by atoms with Crippen molar-refractivity contribution in [3.8, 4) is 5.75 Å². The van der Waals surface area contributed by atoms with Gasteiger partial charge in [0.25, 0.3) is 0 Å². The smallest absolute Gasteiger partial charge is 0.212 e. The van der Waals surface area contributed by atoms with Gasteiger partial charge in [-0.25, -0.2) is 0 Å². The van der Waals surface area contributed by atoms with Crippen molar-refractivity contribution in [3.63, 3.8) is 0 Å². The van der Waals surface area contributed by atoms with E-state index in [1.807, 2.05) is 12.1 Å². The molecule has 0 aromatic heterocycles. The third-order valence-corrected chi connectivity index (χ3v) is 5.27. The van der Waals surface area contributed by atoms with Gasteiger partial charge in [-0.3, -0.25) is 4.90 Å². The fourth-order valence-electron chi connectivity index (χ4n) is 4.12. The number of para-hydroxylation sites is 2. The van der Waals surface area contributed by atoms with E-state index in [0.29, 0.717) is 6.04 Å². The second-order valence-corrected chi connectivity index (χ2v) is 6.51. The number of piperazine rings is 1. The van der Waals surface area contributed by atoms with E-state index < -0.39 is 0 Å². The number of anilines is 1. The minimum Gasteiger partial charge on any atom is -0.464 e. The monoisotopic (exact) mass is 308 g/mol. The molecule has 0 unspecified atom stereocenters. The summed E-state index contributed by atoms with van der Waals surface area (Å²) in [5, 5.41) is 0. The largest absolute Gasteiger partial charge is 0.464 e. The molecule has 0 N–H and O–H groups in total. The van der Waals surface area contributed by atoms with E-state index in [1.54, 1.807) is 0 Å². The molecule has 4 heteroatoms. The van der Waals surface area contributed by atoms with Crippen molar-refractivity contribution < 1.29 is 9.47 Å². The van der Waals surface area contributed by atoms with Crippen molar-refractivity contribution in [1.82, 2.24) is 4.90 Å². The summed E-state index contributed by atoms with van der Waals surface area (Å²) in [5.41, 5.74) is 2.44. The normalized spacial score (nSPS) is 32.1. The molecule has 0 aliphatic carbocycles. The van der Waals surface area contributed by atoms with Crippen LogP contribution in [-0.2, 0) is 4.74 Å². The van der Waals surface area contributed by atoms with E-state index in [0.717, 1.165) is 18.8 Å². The van der Waals surface area contributed by atoms with Gasteiger partial charge in [0.05, 0.1) is 5.69 Å². The summed E-state index contributed by atoms with van der Waals surface area (Å²) in [7, 11) is 0. The van der Waals surface area contributed by atoms with Gasteiger partial charge < -0.3 is 14.4 Å². The molecule has 2 aromatic rings. The molecule has 5 rings (SSSR count). The second-order valence-electron chi connectivity index (χ2n) is 6.51. The highest BCUT2D eigenvalue weighted by molar-refractivity contribution is 5.62. The number of hydrogen-bond donors (Lipinski definition) is 0. The van der Waals surface area contributed by atoms with Gasteiger partial charge in [-0.15, -0.1) is 0 Å². The number of fused-ring (bicyclic) bond motifs is 5. The Labute approximate surface area is 136 Å². The molecule has 0 spiro atoms. The predicted molar refractivity (Wildman–Crippen MR) is 88.4 cm³/mol. The van der Waals surface area contributed by atoms with Crippen molar-refractivity contribution >= 4 is 5.69 Å². The molecule has 23 heavy (non-hydrogen) atoms. The first-order valence-corrected chi connectivity index (χ1v) is 8.31. The summed E-state index contributed by atoms with van der Waals surface area (Å²) in [6.07, 6.45) is 0.0436. The molecule has 0 amide bonds. The maximum absolute atomic E-state index is 6.47. The lowest BCUT2D eigenvalue weighted by Gasteiger charge is -2.40. The summed E-state index contributed by atoms with van der Waals surface area (Å²) in [5.74, 6) is 0.971. The van der Waals surface area contributed by atoms with Crippen LogP contribution in [0.2, 0.25) is 0 Å². The van der Waals surface area contributed by atoms with Gasteiger partial charge in [-0.1, -0.05) is 42.5 Å². The lowest BCUT2D eigenvalue weighted by atomic mass is 10.0. The lowest BCUT2D eigenvalue weighted by molar-refractivity contribution is -0.0781. The van der Waals surface area contributed by atoms with E-state index in [2.05, 4.69) is 59.2 Å². The Bertz CT molecular complexity index is 720. The van der Waals surface area contributed by atoms with Gasteiger partial charge in [-0.05, 0) is 24.6 Å². The predicted octanol–water partition coefficient (Wildman–Crippen LogP) is 3.01. The average Bonchev–Trinajstić information content (AvgIpc) is 3.14. The zero-order chi connectivity index (χ0) is 15.4. The summed E-state index contributed by atoms with van der Waals surface area (Å²) in [6.45, 7) is 4.24. The summed E-state index contributed by atoms with van der Waals surface area (Å²) in [4.78, 5) is 4.79. The highest BCUT2D eigenvalue weighted by Gasteiger charge is 2.51. The molecule has 3 heterocycles. The number of hydrogen-bond acceptors (Lipinski definition) is 4. The van der Waals surface area contributed by atoms with E-state index in [-0.39, 0.29) is 18.6 Å². The quantitative estimate of drug-likeness (QED) is 0.808. The average molecular weight is 308 g/mol. The first kappa shape index (κ1) is 13.4. The number of ether oxygens (including phenoxy) is 2. The Morgan fingerprint density at radius 1 is 0.913 bits per heavy atom. The van der Waals surface area contributed by atoms with Crippen LogP contribution < -0.4 is 9.64 Å². The van der Waals surface area contributed by atoms with Crippen LogP contribution in [0.5, 0.6) is 5.75 Å². The minimum absolute atomic E-state index is 0.0173. The molecule has 3 aliphatic rings. The minimum atomic E-state index is -0.0442. The molecule has 0 saturated carbocycles. The molecular formula is C19H20N2O2. The van der Waals surface area contributed by atoms with E-state index in [1.165, 1.54) is 11.3 Å². The molecule has 0 bridgehead atoms. The van der Waals surface area contributed by atoms with Crippen LogP contribution in [0.1, 0.15) is 18.6 Å². The molecule has 2 saturated heterocycles. The Balaban J connectivity index is 1.46. The fraction of sp³-hybridized carbons (Fsp3) is 0.368. The number of benzene rings is 2. The van der Waals surface area contributed by atoms with Crippen molar-refractivity contribution in [1.29, 1.82) is 0 Å². The Kier molecular flexibility index (Phi) is 2.90. The first-order chi connectivity index (χ1) is 11.3. The van der Waals surface area contributed by atoms with Crippen molar-refractivity contribution in [2.45, 2.75) is 31.5 Å². The van der Waals surface area contributed by atoms with Crippen LogP contribution in [0, 0.1) is 0 Å². The standard InChI is InChI=1S/C19H20N2O2/c1-13-17(14-7-3-2-4-8-14)23-18-19-21(12-11-20(13)18)15-9-5-6-10-16(15)22-19/h2-10,13,17-19H,11-12H2,1H3/t13-,17-,18-,19-/m0/s1. The van der Waals surface area contributed by atoms with Crippen LogP contribution in [0.25, 0.3) is 0 Å². The molecule has 2 fully saturated rings. The Morgan fingerprint density at radius 2 is 1.70 bits per heavy atom. The molecule has 118 valence electrons. The SMILES string of the molecule is C[C@H]1[C@@H](c2ccccc2)O[C@H]2[C@@H]3Oc4ccccc4N3CCN12. The molecular weight excluding hydrogens is 288 g/mol. The van der Waals surface area contributed by atoms with Crippen LogP contribution in [-0.4, -0.2) is 36.5 Å². The Morgan fingerprint density at radius 3 is 2.57 bits per heavy atom. The fourth-order valence-corrected chi connectivity index (χ4v) is 4.12. The summed E-state index contributed by atoms with van der Waals surface area (Å²) < 4.78 is 12.7. The molecule has 0 radical (unpaired) electrons. The van der Waals surface area contributed by atoms with Gasteiger partial charge in [-0.2, -0.15) is 0 Å². The van der Waals surface area contributed by atoms with E-state index >= 15 is 0 Å². The summed E-state index contributed by atoms with van der Waals surface area (Å²) in [6, 6.07) is 19.2. The molecule has 4 nitrogen and oxygen atoms in total. The lowest BCUT2D eigenvalue weighted by Crippen LogP contribution is -2.59. The topological polar surface area (TPSA) is 24.9 Å². The molecule has 4 atom stereocenters. The van der Waals surface area contributed by atoms with Gasteiger partial charge in [0.2, 0.25) is 6.23 Å². The van der Waals surface area contributed by atoms with Gasteiger partial charge in [0.1, 0.15) is 11.9 Å². The van der Waals surface area contributed by atoms with Gasteiger partial charge >= 0.3 is 0 Å². The van der Waals surface area contributed by atoms with E-state index in [9.17, 15) is 0 Å². The highest BCUT2D eigenvalue weighted by Crippen LogP contribution is 2.45. The number of nitrogens with zero attached hydrogens (tertiary/aromatic N) is 2. The van der Waals surface area contributed by atoms with Crippen molar-refractivity contribution in [3.05, 3.63) is 60.2 Å². The maximum atomic E-state index is 6.47. The van der Waals surface area contributed by atoms with Gasteiger partial charge in [0.15, 0.2) is 6.23 Å². The highest BCUT2D eigenvalue weighted by atomic mass is 16.6. The van der Waals surface area contributed by atoms with Crippen LogP contribution >= 0.6 is 0 Å². The number of rotatable bonds is 1. The second kappa shape index (κ2) is 4.98. The van der Waals surface area contributed by atoms with Crippen LogP contribution in [0.15, 0.2) is 54.6 Å². The van der Waals surface area contributed by atoms with E-state index in [4.69, 9.17) is 9.47 Å². The molecule has 2 aromatic carbocycles. The third kappa shape index (κ3) is 1.92. The Hall–Kier alpha value is -2.04. The van der Waals surface area contributed by atoms with Crippen molar-refractivity contribution in [2.24, 2.45) is 0 Å². The van der Waals surface area contributed by atoms with Crippen LogP contribution in [0.3, 0.4) is 0 Å². The zero-order valence-electron chi connectivity index (χ0n) is 13.1. The summed E-state index contributed by atoms with van der Waals surface area (Å²) >= 11 is 0. The van der Waals surface area contributed by atoms with Gasteiger partial charge in [0, 0.05) is 19.1 Å². The first-order valence-electron chi connectivity index (χ1n) is 8.31. The van der Waals surface area contributed by atoms with Crippen molar-refractivity contribution in [2.75, 3.05) is 18.0 Å². The zero-order valence-corrected chi connectivity index (χ0v) is 13.1. The molecule has 3 aliphatic heterocycles. The third-order valence-electron chi connectivity index (χ3n) is 5.27. The van der Waals surface area contributed by atoms with Crippen LogP contribution in [0.4, 0.5) is 5.69 Å². The maximum Gasteiger partial charge on any atom is 0.212 e.